The van der Waals surface area contributed by atoms with Gasteiger partial charge in [0, 0.05) is 44.5 Å². The highest BCUT2D eigenvalue weighted by Crippen LogP contribution is 2.17. The molecule has 2 rings (SSSR count). The number of carbonyl (C=O) groups excluding carboxylic acids is 1. The fraction of sp³-hybridized carbons (Fsp3) is 0.611. The van der Waals surface area contributed by atoms with Crippen LogP contribution in [0.5, 0.6) is 0 Å². The third-order valence-corrected chi connectivity index (χ3v) is 6.54. The molecule has 1 N–H and O–H groups in total. The maximum atomic E-state index is 12.4. The molecular weight excluding hydrogens is 338 g/mol. The van der Waals surface area contributed by atoms with Crippen LogP contribution in [0.25, 0.3) is 0 Å². The summed E-state index contributed by atoms with van der Waals surface area (Å²) in [7, 11) is 0.765. The van der Waals surface area contributed by atoms with Gasteiger partial charge in [-0.1, -0.05) is 13.3 Å². The summed E-state index contributed by atoms with van der Waals surface area (Å²) < 4.78 is 26.0. The van der Waals surface area contributed by atoms with Crippen molar-refractivity contribution in [2.75, 3.05) is 37.8 Å². The van der Waals surface area contributed by atoms with Crippen molar-refractivity contribution >= 4 is 21.6 Å². The second-order valence-corrected chi connectivity index (χ2v) is 8.85. The molecule has 1 heterocycles. The molecule has 25 heavy (non-hydrogen) atoms. The zero-order valence-electron chi connectivity index (χ0n) is 15.4. The SMILES string of the molecule is CCCCS(=O)(=O)N1CCC(NC(=O)c2ccc(N(C)C)cc2)CC1. The molecular formula is C18H29N3O3S. The monoisotopic (exact) mass is 367 g/mol. The van der Waals surface area contributed by atoms with Crippen molar-refractivity contribution < 1.29 is 13.2 Å². The topological polar surface area (TPSA) is 69.7 Å². The minimum absolute atomic E-state index is 0.0265. The molecule has 1 aliphatic rings. The van der Waals surface area contributed by atoms with Crippen LogP contribution in [0.2, 0.25) is 0 Å². The normalized spacial score (nSPS) is 16.6. The lowest BCUT2D eigenvalue weighted by Crippen LogP contribution is -2.47. The Bertz CT molecular complexity index is 663. The van der Waals surface area contributed by atoms with E-state index in [0.717, 1.165) is 12.1 Å². The molecule has 0 unspecified atom stereocenters. The van der Waals surface area contributed by atoms with Gasteiger partial charge in [-0.3, -0.25) is 4.79 Å². The van der Waals surface area contributed by atoms with Gasteiger partial charge in [-0.15, -0.1) is 0 Å². The Morgan fingerprint density at radius 1 is 1.20 bits per heavy atom. The highest BCUT2D eigenvalue weighted by Gasteiger charge is 2.28. The second kappa shape index (κ2) is 8.67. The Morgan fingerprint density at radius 2 is 1.80 bits per heavy atom. The van der Waals surface area contributed by atoms with E-state index < -0.39 is 10.0 Å². The third kappa shape index (κ3) is 5.44. The van der Waals surface area contributed by atoms with Crippen LogP contribution in [0.15, 0.2) is 24.3 Å². The van der Waals surface area contributed by atoms with Crippen LogP contribution in [0.1, 0.15) is 43.0 Å². The van der Waals surface area contributed by atoms with E-state index in [1.54, 1.807) is 4.31 Å². The Morgan fingerprint density at radius 3 is 2.32 bits per heavy atom. The van der Waals surface area contributed by atoms with Crippen molar-refractivity contribution in [3.8, 4) is 0 Å². The van der Waals surface area contributed by atoms with E-state index >= 15 is 0 Å². The summed E-state index contributed by atoms with van der Waals surface area (Å²) in [5, 5.41) is 3.02. The summed E-state index contributed by atoms with van der Waals surface area (Å²) in [5.74, 6) is 0.122. The summed E-state index contributed by atoms with van der Waals surface area (Å²) in [5.41, 5.74) is 1.67. The predicted octanol–water partition coefficient (Wildman–Crippen LogP) is 2.08. The minimum atomic E-state index is -3.15. The molecule has 1 fully saturated rings. The van der Waals surface area contributed by atoms with E-state index in [2.05, 4.69) is 5.32 Å². The number of benzene rings is 1. The molecule has 140 valence electrons. The third-order valence-electron chi connectivity index (χ3n) is 4.58. The van der Waals surface area contributed by atoms with E-state index in [1.165, 1.54) is 0 Å². The number of anilines is 1. The molecule has 1 aliphatic heterocycles. The van der Waals surface area contributed by atoms with Gasteiger partial charge in [-0.25, -0.2) is 12.7 Å². The molecule has 1 aromatic carbocycles. The highest BCUT2D eigenvalue weighted by molar-refractivity contribution is 7.89. The molecule has 0 aromatic heterocycles. The van der Waals surface area contributed by atoms with E-state index in [4.69, 9.17) is 0 Å². The van der Waals surface area contributed by atoms with Gasteiger partial charge in [0.1, 0.15) is 0 Å². The predicted molar refractivity (Wildman–Crippen MR) is 102 cm³/mol. The lowest BCUT2D eigenvalue weighted by Gasteiger charge is -2.31. The van der Waals surface area contributed by atoms with E-state index in [-0.39, 0.29) is 17.7 Å². The van der Waals surface area contributed by atoms with Gasteiger partial charge < -0.3 is 10.2 Å². The highest BCUT2D eigenvalue weighted by atomic mass is 32.2. The number of carbonyl (C=O) groups is 1. The zero-order valence-corrected chi connectivity index (χ0v) is 16.2. The van der Waals surface area contributed by atoms with Crippen LogP contribution in [-0.4, -0.2) is 57.6 Å². The lowest BCUT2D eigenvalue weighted by atomic mass is 10.1. The minimum Gasteiger partial charge on any atom is -0.378 e. The number of hydrogen-bond donors (Lipinski definition) is 1. The van der Waals surface area contributed by atoms with E-state index in [0.29, 0.717) is 37.9 Å². The van der Waals surface area contributed by atoms with Gasteiger partial charge in [0.25, 0.3) is 5.91 Å². The molecule has 0 radical (unpaired) electrons. The number of nitrogens with one attached hydrogen (secondary N) is 1. The van der Waals surface area contributed by atoms with Crippen LogP contribution < -0.4 is 10.2 Å². The molecule has 1 aromatic rings. The Labute approximate surface area is 151 Å². The van der Waals surface area contributed by atoms with Gasteiger partial charge in [0.15, 0.2) is 0 Å². The number of sulfonamides is 1. The summed E-state index contributed by atoms with van der Waals surface area (Å²) in [6.07, 6.45) is 2.89. The summed E-state index contributed by atoms with van der Waals surface area (Å²) in [6.45, 7) is 2.95. The maximum Gasteiger partial charge on any atom is 0.251 e. The van der Waals surface area contributed by atoms with Crippen LogP contribution in [-0.2, 0) is 10.0 Å². The first-order valence-electron chi connectivity index (χ1n) is 8.89. The van der Waals surface area contributed by atoms with Crippen molar-refractivity contribution in [1.82, 2.24) is 9.62 Å². The van der Waals surface area contributed by atoms with Crippen LogP contribution in [0.3, 0.4) is 0 Å². The first kappa shape index (κ1) is 19.7. The van der Waals surface area contributed by atoms with E-state index in [9.17, 15) is 13.2 Å². The second-order valence-electron chi connectivity index (χ2n) is 6.76. The number of nitrogens with zero attached hydrogens (tertiary/aromatic N) is 2. The zero-order chi connectivity index (χ0) is 18.4. The van der Waals surface area contributed by atoms with Crippen molar-refractivity contribution in [3.05, 3.63) is 29.8 Å². The average Bonchev–Trinajstić information content (AvgIpc) is 2.60. The number of unbranched alkanes of at least 4 members (excludes halogenated alkanes) is 1. The molecule has 6 nitrogen and oxygen atoms in total. The molecule has 0 atom stereocenters. The Kier molecular flexibility index (Phi) is 6.84. The fourth-order valence-corrected chi connectivity index (χ4v) is 4.59. The van der Waals surface area contributed by atoms with Crippen molar-refractivity contribution in [1.29, 1.82) is 0 Å². The standard InChI is InChI=1S/C18H29N3O3S/c1-4-5-14-25(23,24)21-12-10-16(11-13-21)19-18(22)15-6-8-17(9-7-15)20(2)3/h6-9,16H,4-5,10-14H2,1-3H3,(H,19,22). The molecule has 0 saturated carbocycles. The van der Waals surface area contributed by atoms with Gasteiger partial charge >= 0.3 is 0 Å². The van der Waals surface area contributed by atoms with Gasteiger partial charge in [0.05, 0.1) is 5.75 Å². The molecule has 1 amide bonds. The first-order valence-corrected chi connectivity index (χ1v) is 10.5. The molecule has 7 heteroatoms. The first-order chi connectivity index (χ1) is 11.8. The Hall–Kier alpha value is -1.60. The number of amides is 1. The number of rotatable bonds is 7. The average molecular weight is 368 g/mol. The van der Waals surface area contributed by atoms with Crippen molar-refractivity contribution in [2.45, 2.75) is 38.6 Å². The molecule has 0 spiro atoms. The van der Waals surface area contributed by atoms with Crippen LogP contribution in [0.4, 0.5) is 5.69 Å². The lowest BCUT2D eigenvalue weighted by molar-refractivity contribution is 0.0924. The van der Waals surface area contributed by atoms with Gasteiger partial charge in [0.2, 0.25) is 10.0 Å². The maximum absolute atomic E-state index is 12.4. The number of piperidine rings is 1. The molecule has 0 bridgehead atoms. The van der Waals surface area contributed by atoms with Crippen molar-refractivity contribution in [3.63, 3.8) is 0 Å². The largest absolute Gasteiger partial charge is 0.378 e. The summed E-state index contributed by atoms with van der Waals surface area (Å²) in [6, 6.07) is 7.48. The summed E-state index contributed by atoms with van der Waals surface area (Å²) in [4.78, 5) is 14.3. The van der Waals surface area contributed by atoms with Gasteiger partial charge in [-0.2, -0.15) is 0 Å². The van der Waals surface area contributed by atoms with Crippen molar-refractivity contribution in [2.24, 2.45) is 0 Å². The quantitative estimate of drug-likeness (QED) is 0.801. The number of hydrogen-bond acceptors (Lipinski definition) is 4. The smallest absolute Gasteiger partial charge is 0.251 e. The molecule has 1 saturated heterocycles. The van der Waals surface area contributed by atoms with Crippen LogP contribution in [0, 0.1) is 0 Å². The summed E-state index contributed by atoms with van der Waals surface area (Å²) >= 11 is 0. The fourth-order valence-electron chi connectivity index (χ4n) is 2.91. The van der Waals surface area contributed by atoms with Crippen LogP contribution >= 0.6 is 0 Å². The Balaban J connectivity index is 1.86. The van der Waals surface area contributed by atoms with E-state index in [1.807, 2.05) is 50.2 Å². The molecule has 0 aliphatic carbocycles. The van der Waals surface area contributed by atoms with Gasteiger partial charge in [-0.05, 0) is 43.5 Å².